The smallest absolute Gasteiger partial charge is 0.194 e. The van der Waals surface area contributed by atoms with Crippen LogP contribution in [0.15, 0.2) is 6.33 Å². The third kappa shape index (κ3) is 0.565. The first-order valence-electron chi connectivity index (χ1n) is 2.83. The highest BCUT2D eigenvalue weighted by atomic mass is 35.5. The number of aromatic nitrogens is 4. The van der Waals surface area contributed by atoms with Gasteiger partial charge < -0.3 is 0 Å². The summed E-state index contributed by atoms with van der Waals surface area (Å²) in [5, 5.41) is 7.42. The maximum absolute atomic E-state index is 5.83. The summed E-state index contributed by atoms with van der Waals surface area (Å²) < 4.78 is 1.54. The fourth-order valence-electron chi connectivity index (χ4n) is 0.849. The average Bonchev–Trinajstić information content (AvgIpc) is 2.41. The van der Waals surface area contributed by atoms with Crippen LogP contribution in [0.25, 0.3) is 5.65 Å². The summed E-state index contributed by atoms with van der Waals surface area (Å²) in [6, 6.07) is 0. The first-order chi connectivity index (χ1) is 4.79. The third-order valence-electron chi connectivity index (χ3n) is 1.35. The van der Waals surface area contributed by atoms with E-state index in [2.05, 4.69) is 15.2 Å². The monoisotopic (exact) mass is 156 g/mol. The molecule has 0 unspecified atom stereocenters. The summed E-state index contributed by atoms with van der Waals surface area (Å²) in [4.78, 5) is 3.93. The Hall–Kier alpha value is -1.03. The molecule has 0 fully saturated rings. The van der Waals surface area contributed by atoms with Gasteiger partial charge in [0.1, 0.15) is 11.3 Å². The van der Waals surface area contributed by atoms with Gasteiger partial charge in [0.05, 0.1) is 5.69 Å². The second-order valence-electron chi connectivity index (χ2n) is 2.05. The number of nitrogens with zero attached hydrogens (tertiary/aromatic N) is 3. The summed E-state index contributed by atoms with van der Waals surface area (Å²) in [6.45, 7) is 1.87. The van der Waals surface area contributed by atoms with Crippen molar-refractivity contribution in [1.82, 2.24) is 19.8 Å². The highest BCUT2D eigenvalue weighted by molar-refractivity contribution is 6.34. The van der Waals surface area contributed by atoms with Crippen LogP contribution in [-0.2, 0) is 0 Å². The fraction of sp³-hybridized carbons (Fsp3) is 0.200. The molecule has 0 saturated carbocycles. The molecule has 2 aromatic heterocycles. The SMILES string of the molecule is Cc1[nH]n2ncnc2c1Cl. The summed E-state index contributed by atoms with van der Waals surface area (Å²) in [7, 11) is 0. The van der Waals surface area contributed by atoms with E-state index >= 15 is 0 Å². The number of H-pyrrole nitrogens is 1. The largest absolute Gasteiger partial charge is 0.279 e. The molecule has 2 heterocycles. The number of hydrogen-bond acceptors (Lipinski definition) is 2. The maximum Gasteiger partial charge on any atom is 0.194 e. The van der Waals surface area contributed by atoms with E-state index in [9.17, 15) is 0 Å². The number of rotatable bonds is 0. The minimum Gasteiger partial charge on any atom is -0.279 e. The Morgan fingerprint density at radius 3 is 3.20 bits per heavy atom. The molecule has 2 rings (SSSR count). The van der Waals surface area contributed by atoms with E-state index in [1.807, 2.05) is 6.92 Å². The molecular weight excluding hydrogens is 152 g/mol. The van der Waals surface area contributed by atoms with Crippen LogP contribution in [0.3, 0.4) is 0 Å². The first-order valence-corrected chi connectivity index (χ1v) is 3.20. The molecule has 4 nitrogen and oxygen atoms in total. The van der Waals surface area contributed by atoms with Crippen molar-refractivity contribution in [2.45, 2.75) is 6.92 Å². The molecule has 10 heavy (non-hydrogen) atoms. The predicted octanol–water partition coefficient (Wildman–Crippen LogP) is 1.02. The second-order valence-corrected chi connectivity index (χ2v) is 2.42. The lowest BCUT2D eigenvalue weighted by molar-refractivity contribution is 0.807. The highest BCUT2D eigenvalue weighted by Gasteiger charge is 2.05. The lowest BCUT2D eigenvalue weighted by Crippen LogP contribution is -1.84. The zero-order valence-corrected chi connectivity index (χ0v) is 6.05. The van der Waals surface area contributed by atoms with Crippen molar-refractivity contribution in [2.75, 3.05) is 0 Å². The van der Waals surface area contributed by atoms with Crippen molar-refractivity contribution >= 4 is 17.2 Å². The lowest BCUT2D eigenvalue weighted by atomic mass is 10.5. The molecule has 0 aromatic carbocycles. The summed E-state index contributed by atoms with van der Waals surface area (Å²) >= 11 is 5.83. The Morgan fingerprint density at radius 1 is 1.70 bits per heavy atom. The maximum atomic E-state index is 5.83. The normalized spacial score (nSPS) is 11.0. The fourth-order valence-corrected chi connectivity index (χ4v) is 1.02. The molecule has 0 amide bonds. The van der Waals surface area contributed by atoms with Crippen LogP contribution in [0, 0.1) is 6.92 Å². The van der Waals surface area contributed by atoms with Crippen LogP contribution in [-0.4, -0.2) is 19.8 Å². The Balaban J connectivity index is 2.95. The van der Waals surface area contributed by atoms with Gasteiger partial charge in [-0.2, -0.15) is 4.63 Å². The van der Waals surface area contributed by atoms with Crippen molar-refractivity contribution in [3.05, 3.63) is 17.0 Å². The van der Waals surface area contributed by atoms with Gasteiger partial charge in [-0.1, -0.05) is 11.6 Å². The molecule has 0 bridgehead atoms. The van der Waals surface area contributed by atoms with E-state index in [0.29, 0.717) is 10.7 Å². The number of hydrogen-bond donors (Lipinski definition) is 1. The second kappa shape index (κ2) is 1.73. The third-order valence-corrected chi connectivity index (χ3v) is 1.80. The van der Waals surface area contributed by atoms with E-state index in [-0.39, 0.29) is 0 Å². The van der Waals surface area contributed by atoms with Gasteiger partial charge in [-0.3, -0.25) is 5.10 Å². The number of fused-ring (bicyclic) bond motifs is 1. The average molecular weight is 157 g/mol. The van der Waals surface area contributed by atoms with E-state index < -0.39 is 0 Å². The molecular formula is C5H5ClN4. The minimum absolute atomic E-state index is 0.637. The van der Waals surface area contributed by atoms with Gasteiger partial charge in [0.15, 0.2) is 5.65 Å². The first kappa shape index (κ1) is 5.73. The van der Waals surface area contributed by atoms with Gasteiger partial charge in [-0.05, 0) is 6.92 Å². The van der Waals surface area contributed by atoms with Crippen LogP contribution in [0.4, 0.5) is 0 Å². The molecule has 0 aliphatic carbocycles. The van der Waals surface area contributed by atoms with Gasteiger partial charge >= 0.3 is 0 Å². The van der Waals surface area contributed by atoms with Crippen LogP contribution in [0.5, 0.6) is 0 Å². The van der Waals surface area contributed by atoms with Gasteiger partial charge in [0.2, 0.25) is 0 Å². The van der Waals surface area contributed by atoms with Gasteiger partial charge in [-0.25, -0.2) is 4.98 Å². The minimum atomic E-state index is 0.637. The van der Waals surface area contributed by atoms with Gasteiger partial charge in [0, 0.05) is 0 Å². The van der Waals surface area contributed by atoms with Crippen molar-refractivity contribution in [3.8, 4) is 0 Å². The van der Waals surface area contributed by atoms with Crippen molar-refractivity contribution in [1.29, 1.82) is 0 Å². The quantitative estimate of drug-likeness (QED) is 0.619. The van der Waals surface area contributed by atoms with E-state index in [4.69, 9.17) is 11.6 Å². The van der Waals surface area contributed by atoms with Gasteiger partial charge in [-0.15, -0.1) is 5.10 Å². The standard InChI is InChI=1S/C5H5ClN4/c1-3-4(6)5-7-2-8-10(5)9-3/h2,9H,1H3. The highest BCUT2D eigenvalue weighted by Crippen LogP contribution is 2.17. The Kier molecular flexibility index (Phi) is 0.990. The van der Waals surface area contributed by atoms with Crippen LogP contribution >= 0.6 is 11.6 Å². The van der Waals surface area contributed by atoms with Crippen molar-refractivity contribution in [3.63, 3.8) is 0 Å². The van der Waals surface area contributed by atoms with Crippen LogP contribution in [0.1, 0.15) is 5.69 Å². The Bertz CT molecular complexity index is 360. The molecule has 0 saturated heterocycles. The molecule has 52 valence electrons. The van der Waals surface area contributed by atoms with Crippen LogP contribution in [0.2, 0.25) is 5.02 Å². The molecule has 0 radical (unpaired) electrons. The Morgan fingerprint density at radius 2 is 2.50 bits per heavy atom. The molecule has 5 heteroatoms. The topological polar surface area (TPSA) is 46.0 Å². The number of aryl methyl sites for hydroxylation is 1. The molecule has 0 aliphatic heterocycles. The zero-order chi connectivity index (χ0) is 7.14. The van der Waals surface area contributed by atoms with E-state index in [0.717, 1.165) is 5.69 Å². The number of halogens is 1. The van der Waals surface area contributed by atoms with Crippen LogP contribution < -0.4 is 0 Å². The van der Waals surface area contributed by atoms with Crippen molar-refractivity contribution < 1.29 is 0 Å². The summed E-state index contributed by atoms with van der Waals surface area (Å²) in [5.74, 6) is 0. The predicted molar refractivity (Wildman–Crippen MR) is 37.1 cm³/mol. The van der Waals surface area contributed by atoms with Crippen molar-refractivity contribution in [2.24, 2.45) is 0 Å². The zero-order valence-electron chi connectivity index (χ0n) is 5.30. The lowest BCUT2D eigenvalue weighted by Gasteiger charge is -1.78. The molecule has 0 spiro atoms. The Labute approximate surface area is 61.8 Å². The van der Waals surface area contributed by atoms with E-state index in [1.165, 1.54) is 11.0 Å². The van der Waals surface area contributed by atoms with Gasteiger partial charge in [0.25, 0.3) is 0 Å². The molecule has 0 aliphatic rings. The summed E-state index contributed by atoms with van der Waals surface area (Å²) in [5.41, 5.74) is 1.57. The number of nitrogens with one attached hydrogen (secondary N) is 1. The molecule has 1 N–H and O–H groups in total. The van der Waals surface area contributed by atoms with E-state index in [1.54, 1.807) is 0 Å². The summed E-state index contributed by atoms with van der Waals surface area (Å²) in [6.07, 6.45) is 1.46. The molecule has 2 aromatic rings. The number of aromatic amines is 1. The molecule has 0 atom stereocenters.